The van der Waals surface area contributed by atoms with Gasteiger partial charge in [-0.25, -0.2) is 0 Å². The summed E-state index contributed by atoms with van der Waals surface area (Å²) in [6, 6.07) is 31.4. The summed E-state index contributed by atoms with van der Waals surface area (Å²) < 4.78 is 0. The fourth-order valence-electron chi connectivity index (χ4n) is 6.15. The van der Waals surface area contributed by atoms with Gasteiger partial charge < -0.3 is 0 Å². The van der Waals surface area contributed by atoms with Crippen LogP contribution in [0.4, 0.5) is 0 Å². The molecule has 1 aliphatic carbocycles. The molecule has 2 aliphatic rings. The number of likely N-dealkylation sites (tertiary alicyclic amines) is 1. The van der Waals surface area contributed by atoms with E-state index in [1.54, 1.807) is 11.1 Å². The zero-order chi connectivity index (χ0) is 20.9. The molecule has 0 amide bonds. The predicted molar refractivity (Wildman–Crippen MR) is 138 cm³/mol. The van der Waals surface area contributed by atoms with Crippen molar-refractivity contribution >= 4 is 12.4 Å². The summed E-state index contributed by atoms with van der Waals surface area (Å²) in [5, 5.41) is 0. The molecular weight excluding hydrogens is 410 g/mol. The first kappa shape index (κ1) is 23.1. The lowest BCUT2D eigenvalue weighted by molar-refractivity contribution is 0.0323. The van der Waals surface area contributed by atoms with E-state index in [2.05, 4.69) is 89.8 Å². The van der Waals surface area contributed by atoms with E-state index in [1.807, 2.05) is 0 Å². The summed E-state index contributed by atoms with van der Waals surface area (Å²) in [6.07, 6.45) is 10.5. The number of hydrogen-bond acceptors (Lipinski definition) is 1. The topological polar surface area (TPSA) is 3.24 Å². The van der Waals surface area contributed by atoms with Gasteiger partial charge in [0.05, 0.1) is 0 Å². The first-order valence-corrected chi connectivity index (χ1v) is 12.3. The molecule has 2 heteroatoms. The summed E-state index contributed by atoms with van der Waals surface area (Å²) in [6.45, 7) is 2.52. The Bertz CT molecular complexity index is 931. The van der Waals surface area contributed by atoms with Gasteiger partial charge in [0.25, 0.3) is 0 Å². The van der Waals surface area contributed by atoms with Gasteiger partial charge in [0.2, 0.25) is 0 Å². The second-order valence-electron chi connectivity index (χ2n) is 9.63. The maximum absolute atomic E-state index is 2.89. The highest BCUT2D eigenvalue weighted by Gasteiger charge is 2.40. The largest absolute Gasteiger partial charge is 0.297 e. The lowest BCUT2D eigenvalue weighted by atomic mass is 9.72. The molecule has 1 aliphatic heterocycles. The summed E-state index contributed by atoms with van der Waals surface area (Å²) in [5.41, 5.74) is 6.50. The van der Waals surface area contributed by atoms with Crippen LogP contribution in [-0.2, 0) is 12.8 Å². The Kier molecular flexibility index (Phi) is 7.71. The molecule has 0 saturated carbocycles. The first-order valence-electron chi connectivity index (χ1n) is 12.3. The zero-order valence-electron chi connectivity index (χ0n) is 19.1. The summed E-state index contributed by atoms with van der Waals surface area (Å²) in [5.74, 6) is 0.496. The zero-order valence-corrected chi connectivity index (χ0v) is 19.9. The van der Waals surface area contributed by atoms with Gasteiger partial charge in [-0.05, 0) is 80.3 Å². The first-order chi connectivity index (χ1) is 15.3. The number of halogens is 1. The van der Waals surface area contributed by atoms with Crippen LogP contribution in [-0.4, -0.2) is 23.5 Å². The molecule has 1 heterocycles. The highest BCUT2D eigenvalue weighted by Crippen LogP contribution is 2.40. The molecule has 0 bridgehead atoms. The average molecular weight is 446 g/mol. The smallest absolute Gasteiger partial charge is 0.0253 e. The Hall–Kier alpha value is -2.09. The third-order valence-corrected chi connectivity index (χ3v) is 7.81. The summed E-state index contributed by atoms with van der Waals surface area (Å²) in [4.78, 5) is 2.89. The molecule has 0 N–H and O–H groups in total. The highest BCUT2D eigenvalue weighted by molar-refractivity contribution is 5.85. The number of aryl methyl sites for hydroxylation is 1. The van der Waals surface area contributed by atoms with Gasteiger partial charge in [-0.15, -0.1) is 12.4 Å². The van der Waals surface area contributed by atoms with Crippen molar-refractivity contribution in [3.63, 3.8) is 0 Å². The number of benzene rings is 3. The molecule has 1 nitrogen and oxygen atoms in total. The average Bonchev–Trinajstić information content (AvgIpc) is 2.84. The Labute approximate surface area is 200 Å². The normalized spacial score (nSPS) is 20.7. The van der Waals surface area contributed by atoms with E-state index in [0.29, 0.717) is 11.5 Å². The van der Waals surface area contributed by atoms with Crippen molar-refractivity contribution < 1.29 is 0 Å². The van der Waals surface area contributed by atoms with Crippen LogP contribution in [0.3, 0.4) is 0 Å². The quantitative estimate of drug-likeness (QED) is 0.381. The van der Waals surface area contributed by atoms with Crippen molar-refractivity contribution in [1.29, 1.82) is 0 Å². The van der Waals surface area contributed by atoms with E-state index in [-0.39, 0.29) is 12.4 Å². The van der Waals surface area contributed by atoms with Crippen LogP contribution in [0.2, 0.25) is 0 Å². The molecule has 32 heavy (non-hydrogen) atoms. The fourth-order valence-corrected chi connectivity index (χ4v) is 6.15. The van der Waals surface area contributed by atoms with E-state index in [9.17, 15) is 0 Å². The van der Waals surface area contributed by atoms with Gasteiger partial charge in [0.15, 0.2) is 0 Å². The number of piperidine rings is 1. The van der Waals surface area contributed by atoms with E-state index in [4.69, 9.17) is 0 Å². The van der Waals surface area contributed by atoms with Gasteiger partial charge >= 0.3 is 0 Å². The van der Waals surface area contributed by atoms with Crippen molar-refractivity contribution in [2.75, 3.05) is 13.1 Å². The summed E-state index contributed by atoms with van der Waals surface area (Å²) in [7, 11) is 0. The molecular formula is C30H36ClN. The van der Waals surface area contributed by atoms with Gasteiger partial charge in [0, 0.05) is 11.5 Å². The van der Waals surface area contributed by atoms with Crippen LogP contribution in [0.15, 0.2) is 84.9 Å². The minimum Gasteiger partial charge on any atom is -0.297 e. The third kappa shape index (κ3) is 4.95. The fraction of sp³-hybridized carbons (Fsp3) is 0.400. The molecule has 1 saturated heterocycles. The maximum atomic E-state index is 2.89. The van der Waals surface area contributed by atoms with Crippen molar-refractivity contribution in [3.05, 3.63) is 107 Å². The van der Waals surface area contributed by atoms with Crippen molar-refractivity contribution in [1.82, 2.24) is 4.90 Å². The Morgan fingerprint density at radius 1 is 0.719 bits per heavy atom. The number of rotatable bonds is 6. The Morgan fingerprint density at radius 2 is 1.34 bits per heavy atom. The van der Waals surface area contributed by atoms with E-state index in [1.165, 1.54) is 75.6 Å². The minimum atomic E-state index is 0. The van der Waals surface area contributed by atoms with Gasteiger partial charge in [-0.1, -0.05) is 91.3 Å². The van der Waals surface area contributed by atoms with Crippen molar-refractivity contribution in [2.45, 2.75) is 62.8 Å². The molecule has 0 radical (unpaired) electrons. The number of nitrogens with zero attached hydrogens (tertiary/aromatic N) is 1. The van der Waals surface area contributed by atoms with Crippen LogP contribution in [0.1, 0.15) is 66.7 Å². The molecule has 3 aromatic rings. The molecule has 168 valence electrons. The Morgan fingerprint density at radius 3 is 2.03 bits per heavy atom. The highest BCUT2D eigenvalue weighted by atomic mass is 35.5. The van der Waals surface area contributed by atoms with Crippen LogP contribution < -0.4 is 0 Å². The van der Waals surface area contributed by atoms with Crippen molar-refractivity contribution in [3.8, 4) is 0 Å². The standard InChI is InChI=1S/C30H35N.ClH/c1-3-13-26(14-4-1)29(27-15-5-2-6-16-27)18-11-23-31-22-10-9-20-30(31)21-19-25-12-7-8-17-28(25)24-30;/h1-8,12-17,29H,9-11,18-24H2;1H. The monoisotopic (exact) mass is 445 g/mol. The maximum Gasteiger partial charge on any atom is 0.0253 e. The summed E-state index contributed by atoms with van der Waals surface area (Å²) >= 11 is 0. The lowest BCUT2D eigenvalue weighted by Gasteiger charge is -2.50. The van der Waals surface area contributed by atoms with Crippen LogP contribution in [0.5, 0.6) is 0 Å². The minimum absolute atomic E-state index is 0. The van der Waals surface area contributed by atoms with Crippen molar-refractivity contribution in [2.24, 2.45) is 0 Å². The SMILES string of the molecule is Cl.c1ccc(C(CCCN2CCCCC23CCc2ccccc2C3)c2ccccc2)cc1. The van der Waals surface area contributed by atoms with Crippen LogP contribution in [0.25, 0.3) is 0 Å². The molecule has 1 spiro atoms. The number of fused-ring (bicyclic) bond motifs is 1. The molecule has 1 fully saturated rings. The second-order valence-corrected chi connectivity index (χ2v) is 9.63. The lowest BCUT2D eigenvalue weighted by Crippen LogP contribution is -2.55. The van der Waals surface area contributed by atoms with Gasteiger partial charge in [0.1, 0.15) is 0 Å². The predicted octanol–water partition coefficient (Wildman–Crippen LogP) is 7.43. The van der Waals surface area contributed by atoms with Gasteiger partial charge in [-0.2, -0.15) is 0 Å². The molecule has 3 aromatic carbocycles. The third-order valence-electron chi connectivity index (χ3n) is 7.81. The van der Waals surface area contributed by atoms with Crippen LogP contribution >= 0.6 is 12.4 Å². The second kappa shape index (κ2) is 10.7. The van der Waals surface area contributed by atoms with E-state index in [0.717, 1.165) is 0 Å². The molecule has 1 atom stereocenters. The number of hydrogen-bond donors (Lipinski definition) is 0. The van der Waals surface area contributed by atoms with E-state index >= 15 is 0 Å². The molecule has 1 unspecified atom stereocenters. The molecule has 0 aromatic heterocycles. The van der Waals surface area contributed by atoms with E-state index < -0.39 is 0 Å². The van der Waals surface area contributed by atoms with Crippen LogP contribution in [0, 0.1) is 0 Å². The van der Waals surface area contributed by atoms with Gasteiger partial charge in [-0.3, -0.25) is 4.90 Å². The molecule has 5 rings (SSSR count). The Balaban J connectivity index is 0.00000245.